The lowest BCUT2D eigenvalue weighted by atomic mass is 10.1. The molecule has 1 aromatic carbocycles. The van der Waals surface area contributed by atoms with Crippen molar-refractivity contribution in [3.63, 3.8) is 0 Å². The number of hydrogen-bond donors (Lipinski definition) is 3. The molecule has 0 heterocycles. The molecule has 0 spiro atoms. The molecule has 5 heteroatoms. The summed E-state index contributed by atoms with van der Waals surface area (Å²) in [5.74, 6) is -0.327. The first kappa shape index (κ1) is 17.0. The summed E-state index contributed by atoms with van der Waals surface area (Å²) in [5.41, 5.74) is 1.51. The van der Waals surface area contributed by atoms with E-state index in [1.54, 1.807) is 6.07 Å². The fourth-order valence-electron chi connectivity index (χ4n) is 1.94. The van der Waals surface area contributed by atoms with E-state index in [1.165, 1.54) is 12.1 Å². The molecule has 0 fully saturated rings. The van der Waals surface area contributed by atoms with Crippen molar-refractivity contribution in [3.8, 4) is 0 Å². The highest BCUT2D eigenvalue weighted by Crippen LogP contribution is 2.16. The first-order chi connectivity index (χ1) is 9.90. The molecule has 0 atom stereocenters. The second kappa shape index (κ2) is 8.29. The van der Waals surface area contributed by atoms with E-state index in [0.717, 1.165) is 24.8 Å². The van der Waals surface area contributed by atoms with Crippen LogP contribution < -0.4 is 10.6 Å². The summed E-state index contributed by atoms with van der Waals surface area (Å²) in [6.45, 7) is 6.80. The Kier molecular flexibility index (Phi) is 6.72. The van der Waals surface area contributed by atoms with Crippen LogP contribution >= 0.6 is 0 Å². The van der Waals surface area contributed by atoms with Crippen molar-refractivity contribution in [2.45, 2.75) is 40.0 Å². The van der Waals surface area contributed by atoms with Crippen molar-refractivity contribution in [2.24, 2.45) is 5.92 Å². The molecule has 1 rings (SSSR count). The number of carboxylic acid groups (broad SMARTS) is 1. The number of aryl methyl sites for hydroxylation is 1. The maximum absolute atomic E-state index is 11.8. The van der Waals surface area contributed by atoms with Crippen molar-refractivity contribution >= 4 is 17.7 Å². The largest absolute Gasteiger partial charge is 0.478 e. The molecule has 0 aromatic heterocycles. The molecule has 0 aliphatic carbocycles. The predicted octanol–water partition coefficient (Wildman–Crippen LogP) is 3.64. The molecule has 0 bridgehead atoms. The van der Waals surface area contributed by atoms with Crippen LogP contribution in [-0.4, -0.2) is 23.7 Å². The third-order valence-electron chi connectivity index (χ3n) is 3.23. The normalized spacial score (nSPS) is 10.5. The smallest absolute Gasteiger partial charge is 0.335 e. The molecular weight excluding hydrogens is 268 g/mol. The Hall–Kier alpha value is -2.04. The lowest BCUT2D eigenvalue weighted by Gasteiger charge is -2.11. The van der Waals surface area contributed by atoms with Crippen LogP contribution in [0.2, 0.25) is 0 Å². The Balaban J connectivity index is 2.44. The molecule has 0 saturated heterocycles. The molecule has 0 saturated carbocycles. The SMILES string of the molecule is Cc1ccc(C(=O)O)cc1NC(=O)NCCCCC(C)C. The summed E-state index contributed by atoms with van der Waals surface area (Å²) < 4.78 is 0. The second-order valence-corrected chi connectivity index (χ2v) is 5.61. The molecule has 116 valence electrons. The highest BCUT2D eigenvalue weighted by molar-refractivity contribution is 5.93. The van der Waals surface area contributed by atoms with Gasteiger partial charge in [-0.15, -0.1) is 0 Å². The average Bonchev–Trinajstić information content (AvgIpc) is 2.40. The molecular formula is C16H24N2O3. The molecule has 21 heavy (non-hydrogen) atoms. The topological polar surface area (TPSA) is 78.4 Å². The van der Waals surface area contributed by atoms with E-state index in [0.29, 0.717) is 18.2 Å². The molecule has 1 aromatic rings. The van der Waals surface area contributed by atoms with Crippen LogP contribution in [0.3, 0.4) is 0 Å². The van der Waals surface area contributed by atoms with Gasteiger partial charge in [-0.1, -0.05) is 32.8 Å². The van der Waals surface area contributed by atoms with Gasteiger partial charge in [0.15, 0.2) is 0 Å². The third-order valence-corrected chi connectivity index (χ3v) is 3.23. The van der Waals surface area contributed by atoms with Crippen molar-refractivity contribution < 1.29 is 14.7 Å². The van der Waals surface area contributed by atoms with Gasteiger partial charge in [-0.2, -0.15) is 0 Å². The van der Waals surface area contributed by atoms with Crippen molar-refractivity contribution in [3.05, 3.63) is 29.3 Å². The monoisotopic (exact) mass is 292 g/mol. The number of anilines is 1. The Labute approximate surface area is 125 Å². The van der Waals surface area contributed by atoms with E-state index in [1.807, 2.05) is 6.92 Å². The molecule has 5 nitrogen and oxygen atoms in total. The Bertz CT molecular complexity index is 498. The first-order valence-electron chi connectivity index (χ1n) is 7.29. The third kappa shape index (κ3) is 6.29. The Morgan fingerprint density at radius 2 is 1.95 bits per heavy atom. The molecule has 0 unspecified atom stereocenters. The maximum Gasteiger partial charge on any atom is 0.335 e. The van der Waals surface area contributed by atoms with Crippen LogP contribution in [0, 0.1) is 12.8 Å². The molecule has 0 radical (unpaired) electrons. The van der Waals surface area contributed by atoms with Crippen molar-refractivity contribution in [1.82, 2.24) is 5.32 Å². The first-order valence-corrected chi connectivity index (χ1v) is 7.29. The number of amides is 2. The van der Waals surface area contributed by atoms with Crippen LogP contribution in [0.4, 0.5) is 10.5 Å². The lowest BCUT2D eigenvalue weighted by molar-refractivity contribution is 0.0697. The molecule has 0 aliphatic heterocycles. The maximum atomic E-state index is 11.8. The van der Waals surface area contributed by atoms with E-state index in [-0.39, 0.29) is 11.6 Å². The van der Waals surface area contributed by atoms with E-state index in [9.17, 15) is 9.59 Å². The average molecular weight is 292 g/mol. The van der Waals surface area contributed by atoms with Crippen LogP contribution in [0.15, 0.2) is 18.2 Å². The second-order valence-electron chi connectivity index (χ2n) is 5.61. The van der Waals surface area contributed by atoms with Crippen LogP contribution in [0.1, 0.15) is 49.0 Å². The number of carboxylic acids is 1. The Morgan fingerprint density at radius 3 is 2.57 bits per heavy atom. The summed E-state index contributed by atoms with van der Waals surface area (Å²) in [6.07, 6.45) is 3.19. The number of hydrogen-bond acceptors (Lipinski definition) is 2. The summed E-state index contributed by atoms with van der Waals surface area (Å²) in [7, 11) is 0. The van der Waals surface area contributed by atoms with Gasteiger partial charge in [0.25, 0.3) is 0 Å². The number of urea groups is 1. The Morgan fingerprint density at radius 1 is 1.24 bits per heavy atom. The summed E-state index contributed by atoms with van der Waals surface area (Å²) in [4.78, 5) is 22.7. The summed E-state index contributed by atoms with van der Waals surface area (Å²) in [6, 6.07) is 4.37. The number of carbonyl (C=O) groups is 2. The van der Waals surface area contributed by atoms with Crippen molar-refractivity contribution in [1.29, 1.82) is 0 Å². The van der Waals surface area contributed by atoms with Gasteiger partial charge in [-0.3, -0.25) is 0 Å². The zero-order chi connectivity index (χ0) is 15.8. The number of aromatic carboxylic acids is 1. The van der Waals surface area contributed by atoms with Gasteiger partial charge in [0.1, 0.15) is 0 Å². The fourth-order valence-corrected chi connectivity index (χ4v) is 1.94. The van der Waals surface area contributed by atoms with E-state index in [2.05, 4.69) is 24.5 Å². The van der Waals surface area contributed by atoms with Gasteiger partial charge in [-0.25, -0.2) is 9.59 Å². The van der Waals surface area contributed by atoms with Gasteiger partial charge >= 0.3 is 12.0 Å². The van der Waals surface area contributed by atoms with Crippen LogP contribution in [0.25, 0.3) is 0 Å². The number of rotatable bonds is 7. The van der Waals surface area contributed by atoms with Gasteiger partial charge in [-0.05, 0) is 37.0 Å². The van der Waals surface area contributed by atoms with Gasteiger partial charge in [0.2, 0.25) is 0 Å². The highest BCUT2D eigenvalue weighted by Gasteiger charge is 2.08. The standard InChI is InChI=1S/C16H24N2O3/c1-11(2)6-4-5-9-17-16(21)18-14-10-13(15(19)20)8-7-12(14)3/h7-8,10-11H,4-6,9H2,1-3H3,(H,19,20)(H2,17,18,21). The molecule has 2 amide bonds. The van der Waals surface area contributed by atoms with Crippen molar-refractivity contribution in [2.75, 3.05) is 11.9 Å². The van der Waals surface area contributed by atoms with Gasteiger partial charge in [0, 0.05) is 12.2 Å². The van der Waals surface area contributed by atoms with Gasteiger partial charge < -0.3 is 15.7 Å². The zero-order valence-electron chi connectivity index (χ0n) is 12.9. The molecule has 0 aliphatic rings. The zero-order valence-corrected chi connectivity index (χ0v) is 12.9. The minimum absolute atomic E-state index is 0.160. The lowest BCUT2D eigenvalue weighted by Crippen LogP contribution is -2.29. The van der Waals surface area contributed by atoms with E-state index in [4.69, 9.17) is 5.11 Å². The fraction of sp³-hybridized carbons (Fsp3) is 0.500. The molecule has 3 N–H and O–H groups in total. The quantitative estimate of drug-likeness (QED) is 0.671. The number of benzene rings is 1. The van der Waals surface area contributed by atoms with Gasteiger partial charge in [0.05, 0.1) is 5.56 Å². The number of carbonyl (C=O) groups excluding carboxylic acids is 1. The van der Waals surface area contributed by atoms with E-state index >= 15 is 0 Å². The predicted molar refractivity (Wildman–Crippen MR) is 83.8 cm³/mol. The van der Waals surface area contributed by atoms with Crippen LogP contribution in [-0.2, 0) is 0 Å². The minimum Gasteiger partial charge on any atom is -0.478 e. The van der Waals surface area contributed by atoms with Crippen LogP contribution in [0.5, 0.6) is 0 Å². The number of unbranched alkanes of at least 4 members (excludes halogenated alkanes) is 1. The number of nitrogens with one attached hydrogen (secondary N) is 2. The highest BCUT2D eigenvalue weighted by atomic mass is 16.4. The van der Waals surface area contributed by atoms with E-state index < -0.39 is 5.97 Å². The minimum atomic E-state index is -1.01. The summed E-state index contributed by atoms with van der Waals surface area (Å²) >= 11 is 0. The summed E-state index contributed by atoms with van der Waals surface area (Å²) in [5, 5.41) is 14.4.